The first-order valence-corrected chi connectivity index (χ1v) is 9.37. The Morgan fingerprint density at radius 2 is 2.20 bits per heavy atom. The van der Waals surface area contributed by atoms with Gasteiger partial charge in [-0.15, -0.1) is 0 Å². The highest BCUT2D eigenvalue weighted by atomic mass is 32.2. The van der Waals surface area contributed by atoms with Crippen molar-refractivity contribution in [1.82, 2.24) is 25.3 Å². The molecular formula is C14H20N6O4S. The maximum Gasteiger partial charge on any atom is 0.261 e. The van der Waals surface area contributed by atoms with Gasteiger partial charge < -0.3 is 15.2 Å². The zero-order valence-electron chi connectivity index (χ0n) is 13.7. The number of nitrogens with one attached hydrogen (secondary N) is 2. The molecule has 0 unspecified atom stereocenters. The first-order chi connectivity index (χ1) is 11.8. The van der Waals surface area contributed by atoms with Crippen LogP contribution in [0.2, 0.25) is 0 Å². The number of anilines is 1. The van der Waals surface area contributed by atoms with Crippen molar-refractivity contribution in [2.75, 3.05) is 24.2 Å². The third-order valence-electron chi connectivity index (χ3n) is 3.45. The molecule has 10 nitrogen and oxygen atoms in total. The Balaban J connectivity index is 0.000000399. The van der Waals surface area contributed by atoms with Gasteiger partial charge in [0.25, 0.3) is 10.1 Å². The number of hydrogen-bond donors (Lipinski definition) is 3. The summed E-state index contributed by atoms with van der Waals surface area (Å²) in [6, 6.07) is 0.109. The van der Waals surface area contributed by atoms with Gasteiger partial charge in [-0.1, -0.05) is 6.58 Å². The number of rotatable bonds is 3. The van der Waals surface area contributed by atoms with Crippen LogP contribution >= 0.6 is 0 Å². The Labute approximate surface area is 145 Å². The summed E-state index contributed by atoms with van der Waals surface area (Å²) in [5, 5.41) is 2.94. The van der Waals surface area contributed by atoms with Gasteiger partial charge in [0.1, 0.15) is 11.8 Å². The van der Waals surface area contributed by atoms with Crippen LogP contribution < -0.4 is 10.2 Å². The number of aromatic nitrogens is 4. The van der Waals surface area contributed by atoms with Gasteiger partial charge in [0, 0.05) is 19.1 Å². The van der Waals surface area contributed by atoms with Crippen LogP contribution in [-0.2, 0) is 14.9 Å². The molecule has 0 aliphatic carbocycles. The zero-order valence-corrected chi connectivity index (χ0v) is 14.5. The van der Waals surface area contributed by atoms with Crippen LogP contribution in [0.25, 0.3) is 11.2 Å². The second-order valence-electron chi connectivity index (χ2n) is 5.53. The number of hydrogen-bond acceptors (Lipinski definition) is 7. The van der Waals surface area contributed by atoms with Crippen molar-refractivity contribution in [3.8, 4) is 0 Å². The van der Waals surface area contributed by atoms with E-state index in [4.69, 9.17) is 4.55 Å². The fourth-order valence-corrected chi connectivity index (χ4v) is 2.53. The van der Waals surface area contributed by atoms with Crippen molar-refractivity contribution in [2.45, 2.75) is 18.9 Å². The van der Waals surface area contributed by atoms with Crippen molar-refractivity contribution in [1.29, 1.82) is 0 Å². The summed E-state index contributed by atoms with van der Waals surface area (Å²) < 4.78 is 25.9. The summed E-state index contributed by atoms with van der Waals surface area (Å²) >= 11 is 0. The average molecular weight is 368 g/mol. The molecule has 0 radical (unpaired) electrons. The van der Waals surface area contributed by atoms with Crippen LogP contribution in [0.15, 0.2) is 25.3 Å². The molecule has 3 N–H and O–H groups in total. The number of nitrogens with zero attached hydrogens (tertiary/aromatic N) is 4. The number of aromatic amines is 1. The Morgan fingerprint density at radius 3 is 2.88 bits per heavy atom. The molecule has 0 bridgehead atoms. The number of amides is 1. The molecule has 0 saturated carbocycles. The highest BCUT2D eigenvalue weighted by Gasteiger charge is 2.23. The van der Waals surface area contributed by atoms with Crippen LogP contribution in [0, 0.1) is 0 Å². The number of imidazole rings is 1. The van der Waals surface area contributed by atoms with Gasteiger partial charge >= 0.3 is 0 Å². The summed E-state index contributed by atoms with van der Waals surface area (Å²) in [5.74, 6) is 0.679. The highest BCUT2D eigenvalue weighted by molar-refractivity contribution is 7.85. The molecule has 1 aliphatic heterocycles. The first-order valence-electron chi connectivity index (χ1n) is 7.52. The van der Waals surface area contributed by atoms with E-state index in [0.717, 1.165) is 42.9 Å². The van der Waals surface area contributed by atoms with E-state index >= 15 is 0 Å². The average Bonchev–Trinajstić information content (AvgIpc) is 3.02. The van der Waals surface area contributed by atoms with E-state index in [1.165, 1.54) is 12.4 Å². The molecule has 1 atom stereocenters. The number of H-pyrrole nitrogens is 1. The Hall–Kier alpha value is -2.53. The first kappa shape index (κ1) is 18.8. The summed E-state index contributed by atoms with van der Waals surface area (Å²) in [6.45, 7) is 5.10. The smallest absolute Gasteiger partial charge is 0.261 e. The highest BCUT2D eigenvalue weighted by Crippen LogP contribution is 2.23. The monoisotopic (exact) mass is 368 g/mol. The van der Waals surface area contributed by atoms with Gasteiger partial charge in [-0.05, 0) is 18.9 Å². The fraction of sp³-hybridized carbons (Fsp3) is 0.429. The molecule has 1 fully saturated rings. The van der Waals surface area contributed by atoms with Gasteiger partial charge in [-0.3, -0.25) is 9.35 Å². The van der Waals surface area contributed by atoms with Crippen molar-refractivity contribution >= 4 is 33.0 Å². The number of carbonyl (C=O) groups excluding carboxylic acids is 1. The second-order valence-corrected chi connectivity index (χ2v) is 6.99. The quantitative estimate of drug-likeness (QED) is 0.513. The van der Waals surface area contributed by atoms with E-state index in [9.17, 15) is 13.2 Å². The third-order valence-corrected chi connectivity index (χ3v) is 3.45. The standard InChI is InChI=1S/C13H16N6O.CH4O3S/c1-2-10(20)18-9-4-3-5-19(6-9)13-11-12(15-7-14-11)16-8-17-13;1-5(2,3)4/h2,7-9H,1,3-6H2,(H,18,20)(H,14,15,16,17);1H3,(H,2,3,4)/t9-;/m1./s1. The molecule has 0 spiro atoms. The zero-order chi connectivity index (χ0) is 18.4. The molecule has 11 heteroatoms. The normalized spacial score (nSPS) is 17.5. The van der Waals surface area contributed by atoms with Crippen molar-refractivity contribution in [3.05, 3.63) is 25.3 Å². The minimum absolute atomic E-state index is 0.109. The van der Waals surface area contributed by atoms with E-state index < -0.39 is 10.1 Å². The summed E-state index contributed by atoms with van der Waals surface area (Å²) in [6.07, 6.45) is 7.12. The molecule has 1 aliphatic rings. The number of piperidine rings is 1. The lowest BCUT2D eigenvalue weighted by Crippen LogP contribution is -2.47. The van der Waals surface area contributed by atoms with E-state index in [-0.39, 0.29) is 11.9 Å². The van der Waals surface area contributed by atoms with Gasteiger partial charge in [0.2, 0.25) is 5.91 Å². The van der Waals surface area contributed by atoms with Crippen LogP contribution in [0.1, 0.15) is 12.8 Å². The van der Waals surface area contributed by atoms with Gasteiger partial charge in [-0.2, -0.15) is 8.42 Å². The number of fused-ring (bicyclic) bond motifs is 1. The van der Waals surface area contributed by atoms with Crippen LogP contribution in [0.3, 0.4) is 0 Å². The molecule has 2 aromatic rings. The summed E-state index contributed by atoms with van der Waals surface area (Å²) in [4.78, 5) is 29.3. The van der Waals surface area contributed by atoms with Gasteiger partial charge in [0.05, 0.1) is 12.6 Å². The van der Waals surface area contributed by atoms with Crippen molar-refractivity contribution < 1.29 is 17.8 Å². The molecule has 25 heavy (non-hydrogen) atoms. The van der Waals surface area contributed by atoms with E-state index in [2.05, 4.69) is 36.7 Å². The minimum Gasteiger partial charge on any atom is -0.353 e. The predicted molar refractivity (Wildman–Crippen MR) is 92.7 cm³/mol. The van der Waals surface area contributed by atoms with E-state index in [0.29, 0.717) is 6.26 Å². The largest absolute Gasteiger partial charge is 0.353 e. The molecule has 0 aromatic carbocycles. The summed E-state index contributed by atoms with van der Waals surface area (Å²) in [5.41, 5.74) is 1.50. The molecule has 1 saturated heterocycles. The Morgan fingerprint density at radius 1 is 1.48 bits per heavy atom. The third kappa shape index (κ3) is 5.80. The Bertz CT molecular complexity index is 842. The SMILES string of the molecule is C=CC(=O)N[C@@H]1CCCN(c2ncnc3[nH]cnc23)C1.CS(=O)(=O)O. The van der Waals surface area contributed by atoms with Crippen molar-refractivity contribution in [3.63, 3.8) is 0 Å². The maximum atomic E-state index is 11.4. The Kier molecular flexibility index (Phi) is 6.04. The molecule has 3 heterocycles. The minimum atomic E-state index is -3.67. The van der Waals surface area contributed by atoms with Crippen molar-refractivity contribution in [2.24, 2.45) is 0 Å². The van der Waals surface area contributed by atoms with E-state index in [1.54, 1.807) is 6.33 Å². The predicted octanol–water partition coefficient (Wildman–Crippen LogP) is 0.128. The van der Waals surface area contributed by atoms with Gasteiger partial charge in [0.15, 0.2) is 11.5 Å². The fourth-order valence-electron chi connectivity index (χ4n) is 2.53. The lowest BCUT2D eigenvalue weighted by Gasteiger charge is -2.33. The lowest BCUT2D eigenvalue weighted by atomic mass is 10.1. The second kappa shape index (κ2) is 8.03. The summed E-state index contributed by atoms with van der Waals surface area (Å²) in [7, 11) is -3.67. The van der Waals surface area contributed by atoms with Crippen LogP contribution in [-0.4, -0.2) is 64.2 Å². The van der Waals surface area contributed by atoms with E-state index in [1.807, 2.05) is 0 Å². The van der Waals surface area contributed by atoms with Crippen LogP contribution in [0.5, 0.6) is 0 Å². The van der Waals surface area contributed by atoms with Gasteiger partial charge in [-0.25, -0.2) is 15.0 Å². The topological polar surface area (TPSA) is 141 Å². The molecule has 3 rings (SSSR count). The molecule has 1 amide bonds. The van der Waals surface area contributed by atoms with Crippen LogP contribution in [0.4, 0.5) is 5.82 Å². The number of carbonyl (C=O) groups is 1. The molecule has 136 valence electrons. The molecular weight excluding hydrogens is 348 g/mol. The molecule has 2 aromatic heterocycles. The lowest BCUT2D eigenvalue weighted by molar-refractivity contribution is -0.117. The maximum absolute atomic E-state index is 11.4.